The minimum Gasteiger partial charge on any atom is -0.381 e. The lowest BCUT2D eigenvalue weighted by Gasteiger charge is -2.48. The molecular weight excluding hydrogens is 236 g/mol. The fourth-order valence-corrected chi connectivity index (χ4v) is 3.31. The lowest BCUT2D eigenvalue weighted by Crippen LogP contribution is -2.60. The Labute approximate surface area is 119 Å². The molecule has 0 radical (unpaired) electrons. The van der Waals surface area contributed by atoms with Gasteiger partial charge in [-0.05, 0) is 51.6 Å². The molecule has 3 nitrogen and oxygen atoms in total. The van der Waals surface area contributed by atoms with Gasteiger partial charge in [-0.25, -0.2) is 0 Å². The first-order valence-corrected chi connectivity index (χ1v) is 8.20. The number of hydrogen-bond donors (Lipinski definition) is 1. The van der Waals surface area contributed by atoms with Crippen molar-refractivity contribution < 1.29 is 4.74 Å². The molecule has 0 aromatic rings. The maximum absolute atomic E-state index is 5.62. The van der Waals surface area contributed by atoms with Crippen LogP contribution in [0.5, 0.6) is 0 Å². The van der Waals surface area contributed by atoms with Crippen molar-refractivity contribution in [1.82, 2.24) is 10.2 Å². The molecular formula is C16H32N2O. The molecule has 0 aliphatic carbocycles. The molecule has 2 fully saturated rings. The van der Waals surface area contributed by atoms with Crippen molar-refractivity contribution in [2.24, 2.45) is 5.92 Å². The van der Waals surface area contributed by atoms with E-state index in [0.717, 1.165) is 19.8 Å². The van der Waals surface area contributed by atoms with E-state index < -0.39 is 0 Å². The smallest absolute Gasteiger partial charge is 0.0484 e. The van der Waals surface area contributed by atoms with Crippen LogP contribution in [0.1, 0.15) is 52.9 Å². The van der Waals surface area contributed by atoms with Crippen LogP contribution < -0.4 is 5.32 Å². The Kier molecular flexibility index (Phi) is 5.67. The first-order chi connectivity index (χ1) is 9.14. The van der Waals surface area contributed by atoms with Crippen LogP contribution in [0.25, 0.3) is 0 Å². The Morgan fingerprint density at radius 3 is 2.26 bits per heavy atom. The maximum Gasteiger partial charge on any atom is 0.0484 e. The zero-order valence-corrected chi connectivity index (χ0v) is 13.1. The standard InChI is InChI=1S/C16H32N2O/c1-14(2)15(3)17-13-16(7-11-19-12-8-16)18-9-5-4-6-10-18/h14-15,17H,4-13H2,1-3H3/t15-/m1/s1. The summed E-state index contributed by atoms with van der Waals surface area (Å²) in [6.07, 6.45) is 6.57. The molecule has 19 heavy (non-hydrogen) atoms. The summed E-state index contributed by atoms with van der Waals surface area (Å²) in [6.45, 7) is 12.5. The van der Waals surface area contributed by atoms with Gasteiger partial charge in [0.25, 0.3) is 0 Å². The van der Waals surface area contributed by atoms with E-state index in [0.29, 0.717) is 17.5 Å². The minimum absolute atomic E-state index is 0.363. The van der Waals surface area contributed by atoms with Crippen LogP contribution in [0.4, 0.5) is 0 Å². The molecule has 0 aromatic heterocycles. The number of rotatable bonds is 5. The quantitative estimate of drug-likeness (QED) is 0.829. The second-order valence-corrected chi connectivity index (χ2v) is 6.80. The number of nitrogens with zero attached hydrogens (tertiary/aromatic N) is 1. The number of piperidine rings is 1. The first kappa shape index (κ1) is 15.3. The molecule has 0 aromatic carbocycles. The Morgan fingerprint density at radius 1 is 1.05 bits per heavy atom. The zero-order chi connectivity index (χ0) is 13.7. The van der Waals surface area contributed by atoms with Gasteiger partial charge in [-0.1, -0.05) is 20.3 Å². The summed E-state index contributed by atoms with van der Waals surface area (Å²) in [6, 6.07) is 0.601. The van der Waals surface area contributed by atoms with E-state index in [4.69, 9.17) is 4.74 Å². The molecule has 2 heterocycles. The average Bonchev–Trinajstić information content (AvgIpc) is 2.46. The van der Waals surface area contributed by atoms with E-state index >= 15 is 0 Å². The molecule has 0 spiro atoms. The second-order valence-electron chi connectivity index (χ2n) is 6.80. The average molecular weight is 268 g/mol. The lowest BCUT2D eigenvalue weighted by molar-refractivity contribution is -0.0371. The molecule has 2 saturated heterocycles. The summed E-state index contributed by atoms with van der Waals surface area (Å²) in [4.78, 5) is 2.76. The highest BCUT2D eigenvalue weighted by Crippen LogP contribution is 2.30. The zero-order valence-electron chi connectivity index (χ0n) is 13.1. The van der Waals surface area contributed by atoms with Gasteiger partial charge in [0.05, 0.1) is 0 Å². The van der Waals surface area contributed by atoms with Gasteiger partial charge in [-0.3, -0.25) is 4.90 Å². The van der Waals surface area contributed by atoms with Crippen LogP contribution in [0.15, 0.2) is 0 Å². The third kappa shape index (κ3) is 3.93. The van der Waals surface area contributed by atoms with Crippen LogP contribution in [-0.2, 0) is 4.74 Å². The Hall–Kier alpha value is -0.120. The SMILES string of the molecule is CC(C)[C@@H](C)NCC1(N2CCCCC2)CCOCC1. The molecule has 0 saturated carbocycles. The maximum atomic E-state index is 5.62. The number of nitrogens with one attached hydrogen (secondary N) is 1. The van der Waals surface area contributed by atoms with E-state index in [-0.39, 0.29) is 0 Å². The molecule has 0 unspecified atom stereocenters. The normalized spacial score (nSPS) is 26.5. The predicted molar refractivity (Wildman–Crippen MR) is 80.5 cm³/mol. The van der Waals surface area contributed by atoms with Gasteiger partial charge in [0.15, 0.2) is 0 Å². The van der Waals surface area contributed by atoms with Crippen molar-refractivity contribution in [1.29, 1.82) is 0 Å². The third-order valence-corrected chi connectivity index (χ3v) is 5.20. The fourth-order valence-electron chi connectivity index (χ4n) is 3.31. The Morgan fingerprint density at radius 2 is 1.68 bits per heavy atom. The van der Waals surface area contributed by atoms with Gasteiger partial charge in [-0.15, -0.1) is 0 Å². The van der Waals surface area contributed by atoms with E-state index in [1.54, 1.807) is 0 Å². The molecule has 2 aliphatic rings. The third-order valence-electron chi connectivity index (χ3n) is 5.20. The van der Waals surface area contributed by atoms with Crippen LogP contribution in [-0.4, -0.2) is 49.3 Å². The van der Waals surface area contributed by atoms with E-state index in [9.17, 15) is 0 Å². The van der Waals surface area contributed by atoms with Gasteiger partial charge < -0.3 is 10.1 Å². The van der Waals surface area contributed by atoms with Crippen molar-refractivity contribution in [3.63, 3.8) is 0 Å². The number of ether oxygens (including phenoxy) is 1. The Balaban J connectivity index is 1.97. The largest absolute Gasteiger partial charge is 0.381 e. The topological polar surface area (TPSA) is 24.5 Å². The molecule has 1 N–H and O–H groups in total. The summed E-state index contributed by atoms with van der Waals surface area (Å²) in [5.74, 6) is 0.707. The van der Waals surface area contributed by atoms with Crippen molar-refractivity contribution in [3.8, 4) is 0 Å². The molecule has 112 valence electrons. The second kappa shape index (κ2) is 7.05. The highest BCUT2D eigenvalue weighted by atomic mass is 16.5. The summed E-state index contributed by atoms with van der Waals surface area (Å²) in [5.41, 5.74) is 0.363. The van der Waals surface area contributed by atoms with Crippen molar-refractivity contribution >= 4 is 0 Å². The first-order valence-electron chi connectivity index (χ1n) is 8.20. The van der Waals surface area contributed by atoms with Crippen LogP contribution >= 0.6 is 0 Å². The van der Waals surface area contributed by atoms with Crippen LogP contribution in [0, 0.1) is 5.92 Å². The molecule has 1 atom stereocenters. The van der Waals surface area contributed by atoms with E-state index in [1.807, 2.05) is 0 Å². The summed E-state index contributed by atoms with van der Waals surface area (Å²) in [5, 5.41) is 3.79. The molecule has 2 rings (SSSR count). The van der Waals surface area contributed by atoms with Gasteiger partial charge in [0.2, 0.25) is 0 Å². The number of hydrogen-bond acceptors (Lipinski definition) is 3. The number of likely N-dealkylation sites (tertiary alicyclic amines) is 1. The highest BCUT2D eigenvalue weighted by molar-refractivity contribution is 4.96. The highest BCUT2D eigenvalue weighted by Gasteiger charge is 2.38. The van der Waals surface area contributed by atoms with Crippen molar-refractivity contribution in [2.45, 2.75) is 64.5 Å². The monoisotopic (exact) mass is 268 g/mol. The van der Waals surface area contributed by atoms with Crippen molar-refractivity contribution in [3.05, 3.63) is 0 Å². The molecule has 3 heteroatoms. The minimum atomic E-state index is 0.363. The van der Waals surface area contributed by atoms with E-state index in [1.165, 1.54) is 45.2 Å². The molecule has 0 bridgehead atoms. The van der Waals surface area contributed by atoms with Gasteiger partial charge in [0.1, 0.15) is 0 Å². The summed E-state index contributed by atoms with van der Waals surface area (Å²) < 4.78 is 5.62. The summed E-state index contributed by atoms with van der Waals surface area (Å²) in [7, 11) is 0. The Bertz CT molecular complexity index is 255. The van der Waals surface area contributed by atoms with Gasteiger partial charge in [0, 0.05) is 31.3 Å². The van der Waals surface area contributed by atoms with Crippen LogP contribution in [0.2, 0.25) is 0 Å². The van der Waals surface area contributed by atoms with Crippen molar-refractivity contribution in [2.75, 3.05) is 32.8 Å². The predicted octanol–water partition coefficient (Wildman–Crippen LogP) is 2.66. The van der Waals surface area contributed by atoms with Crippen LogP contribution in [0.3, 0.4) is 0 Å². The summed E-state index contributed by atoms with van der Waals surface area (Å²) >= 11 is 0. The van der Waals surface area contributed by atoms with Gasteiger partial charge in [-0.2, -0.15) is 0 Å². The molecule has 2 aliphatic heterocycles. The van der Waals surface area contributed by atoms with Gasteiger partial charge >= 0.3 is 0 Å². The fraction of sp³-hybridized carbons (Fsp3) is 1.00. The van der Waals surface area contributed by atoms with E-state index in [2.05, 4.69) is 31.0 Å². The molecule has 0 amide bonds. The lowest BCUT2D eigenvalue weighted by atomic mass is 9.85.